The largest absolute Gasteiger partial charge is 0.504 e. The molecule has 3 heteroatoms. The highest BCUT2D eigenvalue weighted by molar-refractivity contribution is 5.50. The molecular formula is C16H17NO2. The van der Waals surface area contributed by atoms with E-state index < -0.39 is 0 Å². The van der Waals surface area contributed by atoms with Crippen LogP contribution in [0.4, 0.5) is 0 Å². The van der Waals surface area contributed by atoms with Gasteiger partial charge in [-0.2, -0.15) is 0 Å². The van der Waals surface area contributed by atoms with Gasteiger partial charge in [-0.15, -0.1) is 0 Å². The Balaban J connectivity index is 2.10. The molecule has 1 atom stereocenters. The first-order valence-corrected chi connectivity index (χ1v) is 6.50. The average molecular weight is 255 g/mol. The fourth-order valence-corrected chi connectivity index (χ4v) is 2.73. The van der Waals surface area contributed by atoms with Crippen molar-refractivity contribution in [1.29, 1.82) is 0 Å². The van der Waals surface area contributed by atoms with Gasteiger partial charge in [0.05, 0.1) is 6.04 Å². The summed E-state index contributed by atoms with van der Waals surface area (Å²) in [5, 5.41) is 22.8. The lowest BCUT2D eigenvalue weighted by Crippen LogP contribution is -2.30. The fraction of sp³-hybridized carbons (Fsp3) is 0.250. The second kappa shape index (κ2) is 4.59. The highest BCUT2D eigenvalue weighted by Crippen LogP contribution is 2.36. The maximum Gasteiger partial charge on any atom is 0.157 e. The van der Waals surface area contributed by atoms with Gasteiger partial charge in [-0.1, -0.05) is 29.8 Å². The number of phenols is 2. The van der Waals surface area contributed by atoms with Crippen molar-refractivity contribution in [2.24, 2.45) is 0 Å². The lowest BCUT2D eigenvalue weighted by molar-refractivity contribution is 0.400. The van der Waals surface area contributed by atoms with Crippen molar-refractivity contribution < 1.29 is 10.2 Å². The van der Waals surface area contributed by atoms with Crippen molar-refractivity contribution >= 4 is 0 Å². The van der Waals surface area contributed by atoms with Crippen LogP contribution in [0.25, 0.3) is 0 Å². The molecular weight excluding hydrogens is 238 g/mol. The minimum Gasteiger partial charge on any atom is -0.504 e. The predicted molar refractivity (Wildman–Crippen MR) is 74.5 cm³/mol. The van der Waals surface area contributed by atoms with Crippen LogP contribution in [0.5, 0.6) is 11.5 Å². The molecule has 2 aromatic rings. The maximum atomic E-state index is 9.72. The number of benzene rings is 2. The molecule has 19 heavy (non-hydrogen) atoms. The van der Waals surface area contributed by atoms with E-state index in [-0.39, 0.29) is 17.5 Å². The topological polar surface area (TPSA) is 52.5 Å². The minimum absolute atomic E-state index is 0.0383. The normalized spacial score (nSPS) is 18.1. The molecule has 0 fully saturated rings. The van der Waals surface area contributed by atoms with Crippen LogP contribution in [0, 0.1) is 6.92 Å². The van der Waals surface area contributed by atoms with Gasteiger partial charge in [0.2, 0.25) is 0 Å². The summed E-state index contributed by atoms with van der Waals surface area (Å²) < 4.78 is 0. The Morgan fingerprint density at radius 1 is 1.11 bits per heavy atom. The van der Waals surface area contributed by atoms with Crippen LogP contribution in [-0.4, -0.2) is 16.8 Å². The minimum atomic E-state index is -0.0555. The Kier molecular flexibility index (Phi) is 2.91. The molecule has 1 aliphatic heterocycles. The van der Waals surface area contributed by atoms with E-state index >= 15 is 0 Å². The van der Waals surface area contributed by atoms with Crippen molar-refractivity contribution in [2.75, 3.05) is 6.54 Å². The van der Waals surface area contributed by atoms with Crippen LogP contribution in [0.3, 0.4) is 0 Å². The first kappa shape index (κ1) is 12.1. The monoisotopic (exact) mass is 255 g/mol. The van der Waals surface area contributed by atoms with E-state index in [0.29, 0.717) is 0 Å². The quantitative estimate of drug-likeness (QED) is 0.687. The van der Waals surface area contributed by atoms with Crippen molar-refractivity contribution in [2.45, 2.75) is 19.4 Å². The lowest BCUT2D eigenvalue weighted by atomic mass is 9.89. The van der Waals surface area contributed by atoms with Crippen LogP contribution in [0.2, 0.25) is 0 Å². The summed E-state index contributed by atoms with van der Waals surface area (Å²) in [7, 11) is 0. The van der Waals surface area contributed by atoms with E-state index in [2.05, 4.69) is 30.4 Å². The molecule has 98 valence electrons. The van der Waals surface area contributed by atoms with Crippen LogP contribution < -0.4 is 5.32 Å². The summed E-state index contributed by atoms with van der Waals surface area (Å²) >= 11 is 0. The van der Waals surface area contributed by atoms with Crippen LogP contribution in [0.15, 0.2) is 36.4 Å². The van der Waals surface area contributed by atoms with Crippen LogP contribution in [0.1, 0.15) is 28.3 Å². The molecule has 1 aliphatic rings. The number of hydrogen-bond acceptors (Lipinski definition) is 3. The summed E-state index contributed by atoms with van der Waals surface area (Å²) in [4.78, 5) is 0. The second-order valence-corrected chi connectivity index (χ2v) is 5.09. The van der Waals surface area contributed by atoms with E-state index in [1.807, 2.05) is 6.07 Å². The molecule has 2 aromatic carbocycles. The van der Waals surface area contributed by atoms with Gasteiger partial charge in [0.25, 0.3) is 0 Å². The van der Waals surface area contributed by atoms with Crippen LogP contribution in [-0.2, 0) is 6.42 Å². The molecule has 0 amide bonds. The smallest absolute Gasteiger partial charge is 0.157 e. The Labute approximate surface area is 112 Å². The van der Waals surface area contributed by atoms with Gasteiger partial charge in [0.15, 0.2) is 11.5 Å². The van der Waals surface area contributed by atoms with Gasteiger partial charge in [-0.25, -0.2) is 0 Å². The summed E-state index contributed by atoms with van der Waals surface area (Å²) in [6, 6.07) is 11.8. The molecule has 3 nitrogen and oxygen atoms in total. The molecule has 3 rings (SSSR count). The zero-order valence-corrected chi connectivity index (χ0v) is 10.9. The summed E-state index contributed by atoms with van der Waals surface area (Å²) in [6.45, 7) is 2.94. The van der Waals surface area contributed by atoms with Gasteiger partial charge < -0.3 is 15.5 Å². The zero-order valence-electron chi connectivity index (χ0n) is 10.9. The molecule has 0 saturated carbocycles. The van der Waals surface area contributed by atoms with Gasteiger partial charge >= 0.3 is 0 Å². The Bertz CT molecular complexity index is 622. The molecule has 0 bridgehead atoms. The number of hydrogen-bond donors (Lipinski definition) is 3. The number of fused-ring (bicyclic) bond motifs is 1. The first-order valence-electron chi connectivity index (χ1n) is 6.50. The SMILES string of the molecule is Cc1cccc(C2NCCc3cc(O)c(O)cc32)c1. The Morgan fingerprint density at radius 2 is 1.89 bits per heavy atom. The molecule has 1 unspecified atom stereocenters. The number of aryl methyl sites for hydroxylation is 1. The lowest BCUT2D eigenvalue weighted by Gasteiger charge is -2.28. The molecule has 0 aromatic heterocycles. The Morgan fingerprint density at radius 3 is 2.68 bits per heavy atom. The molecule has 1 heterocycles. The number of nitrogens with one attached hydrogen (secondary N) is 1. The number of rotatable bonds is 1. The summed E-state index contributed by atoms with van der Waals surface area (Å²) in [5.74, 6) is -0.0938. The van der Waals surface area contributed by atoms with E-state index in [1.165, 1.54) is 11.1 Å². The van der Waals surface area contributed by atoms with Gasteiger partial charge in [0, 0.05) is 6.54 Å². The molecule has 0 aliphatic carbocycles. The molecule has 0 spiro atoms. The predicted octanol–water partition coefficient (Wildman–Crippen LogP) is 2.64. The standard InChI is InChI=1S/C16H17NO2/c1-10-3-2-4-12(7-10)16-13-9-15(19)14(18)8-11(13)5-6-17-16/h2-4,7-9,16-19H,5-6H2,1H3. The fourth-order valence-electron chi connectivity index (χ4n) is 2.73. The van der Waals surface area contributed by atoms with Crippen molar-refractivity contribution in [3.05, 3.63) is 58.7 Å². The maximum absolute atomic E-state index is 9.72. The van der Waals surface area contributed by atoms with Gasteiger partial charge in [-0.05, 0) is 42.2 Å². The van der Waals surface area contributed by atoms with Crippen molar-refractivity contribution in [3.63, 3.8) is 0 Å². The third-order valence-electron chi connectivity index (χ3n) is 3.67. The van der Waals surface area contributed by atoms with Crippen molar-refractivity contribution in [1.82, 2.24) is 5.32 Å². The van der Waals surface area contributed by atoms with E-state index in [9.17, 15) is 10.2 Å². The molecule has 3 N–H and O–H groups in total. The van der Waals surface area contributed by atoms with E-state index in [0.717, 1.165) is 24.1 Å². The second-order valence-electron chi connectivity index (χ2n) is 5.09. The highest BCUT2D eigenvalue weighted by atomic mass is 16.3. The first-order chi connectivity index (χ1) is 9.15. The third-order valence-corrected chi connectivity index (χ3v) is 3.67. The number of aromatic hydroxyl groups is 2. The van der Waals surface area contributed by atoms with Crippen molar-refractivity contribution in [3.8, 4) is 11.5 Å². The number of phenolic OH excluding ortho intramolecular Hbond substituents is 2. The van der Waals surface area contributed by atoms with Gasteiger partial charge in [-0.3, -0.25) is 0 Å². The van der Waals surface area contributed by atoms with E-state index in [4.69, 9.17) is 0 Å². The molecule has 0 radical (unpaired) electrons. The zero-order chi connectivity index (χ0) is 13.4. The summed E-state index contributed by atoms with van der Waals surface area (Å²) in [6.07, 6.45) is 0.867. The Hall–Kier alpha value is -2.00. The summed E-state index contributed by atoms with van der Waals surface area (Å²) in [5.41, 5.74) is 4.55. The van der Waals surface area contributed by atoms with Gasteiger partial charge in [0.1, 0.15) is 0 Å². The average Bonchev–Trinajstić information content (AvgIpc) is 2.39. The third kappa shape index (κ3) is 2.17. The van der Waals surface area contributed by atoms with Crippen LogP contribution >= 0.6 is 0 Å². The highest BCUT2D eigenvalue weighted by Gasteiger charge is 2.23. The van der Waals surface area contributed by atoms with E-state index in [1.54, 1.807) is 12.1 Å². The molecule has 0 saturated heterocycles.